The lowest BCUT2D eigenvalue weighted by atomic mass is 10.2. The maximum atomic E-state index is 11.4. The summed E-state index contributed by atoms with van der Waals surface area (Å²) in [4.78, 5) is 15.3. The lowest BCUT2D eigenvalue weighted by Gasteiger charge is -2.09. The van der Waals surface area contributed by atoms with Gasteiger partial charge in [0.25, 0.3) is 0 Å². The fourth-order valence-corrected chi connectivity index (χ4v) is 1.66. The Hall–Kier alpha value is -2.70. The van der Waals surface area contributed by atoms with Gasteiger partial charge in [0.2, 0.25) is 5.91 Å². The maximum absolute atomic E-state index is 11.4. The van der Waals surface area contributed by atoms with Crippen LogP contribution in [0.4, 0.5) is 17.3 Å². The second kappa shape index (κ2) is 7.92. The molecule has 0 saturated carbocycles. The Bertz CT molecular complexity index is 585. The van der Waals surface area contributed by atoms with Gasteiger partial charge in [-0.2, -0.15) is 0 Å². The van der Waals surface area contributed by atoms with Crippen molar-refractivity contribution >= 4 is 23.2 Å². The SMILES string of the molecule is CC(C)C(=O)NCCNc1ccc(Nc2ccncc2)nn1. The van der Waals surface area contributed by atoms with E-state index in [0.29, 0.717) is 24.7 Å². The number of nitrogens with one attached hydrogen (secondary N) is 3. The van der Waals surface area contributed by atoms with Crippen LogP contribution in [0.1, 0.15) is 13.8 Å². The molecule has 7 nitrogen and oxygen atoms in total. The average Bonchev–Trinajstić information content (AvgIpc) is 2.53. The quantitative estimate of drug-likeness (QED) is 0.675. The zero-order valence-electron chi connectivity index (χ0n) is 12.7. The van der Waals surface area contributed by atoms with Crippen LogP contribution in [-0.2, 0) is 4.79 Å². The number of pyridine rings is 1. The van der Waals surface area contributed by atoms with Gasteiger partial charge in [-0.05, 0) is 24.3 Å². The molecule has 0 bridgehead atoms. The molecule has 2 rings (SSSR count). The first-order valence-corrected chi connectivity index (χ1v) is 7.17. The highest BCUT2D eigenvalue weighted by atomic mass is 16.1. The summed E-state index contributed by atoms with van der Waals surface area (Å²) in [5.74, 6) is 1.37. The lowest BCUT2D eigenvalue weighted by molar-refractivity contribution is -0.123. The fourth-order valence-electron chi connectivity index (χ4n) is 1.66. The van der Waals surface area contributed by atoms with Gasteiger partial charge in [0.1, 0.15) is 5.82 Å². The van der Waals surface area contributed by atoms with Crippen molar-refractivity contribution in [2.75, 3.05) is 23.7 Å². The van der Waals surface area contributed by atoms with Crippen LogP contribution in [0.3, 0.4) is 0 Å². The topological polar surface area (TPSA) is 91.8 Å². The zero-order chi connectivity index (χ0) is 15.8. The minimum Gasteiger partial charge on any atom is -0.367 e. The number of amides is 1. The van der Waals surface area contributed by atoms with Crippen molar-refractivity contribution < 1.29 is 4.79 Å². The van der Waals surface area contributed by atoms with Gasteiger partial charge in [0, 0.05) is 37.1 Å². The molecule has 0 aliphatic carbocycles. The highest BCUT2D eigenvalue weighted by Crippen LogP contribution is 2.13. The highest BCUT2D eigenvalue weighted by Gasteiger charge is 2.04. The van der Waals surface area contributed by atoms with Crippen LogP contribution in [0.15, 0.2) is 36.7 Å². The number of hydrogen-bond acceptors (Lipinski definition) is 6. The van der Waals surface area contributed by atoms with Crippen LogP contribution in [0, 0.1) is 5.92 Å². The van der Waals surface area contributed by atoms with E-state index in [0.717, 1.165) is 5.69 Å². The molecule has 0 atom stereocenters. The third kappa shape index (κ3) is 5.01. The standard InChI is InChI=1S/C15H20N6O/c1-11(2)15(22)18-10-9-17-13-3-4-14(21-20-13)19-12-5-7-16-8-6-12/h3-8,11H,9-10H2,1-2H3,(H,17,20)(H,18,22)(H,16,19,21). The molecule has 116 valence electrons. The highest BCUT2D eigenvalue weighted by molar-refractivity contribution is 5.77. The van der Waals surface area contributed by atoms with Crippen molar-refractivity contribution in [1.29, 1.82) is 0 Å². The molecule has 2 aromatic rings. The monoisotopic (exact) mass is 300 g/mol. The molecule has 0 radical (unpaired) electrons. The number of carbonyl (C=O) groups is 1. The summed E-state index contributed by atoms with van der Waals surface area (Å²) in [6.07, 6.45) is 3.41. The molecule has 0 spiro atoms. The Labute approximate surface area is 129 Å². The third-order valence-electron chi connectivity index (χ3n) is 2.87. The first-order chi connectivity index (χ1) is 10.6. The first kappa shape index (κ1) is 15.7. The molecule has 7 heteroatoms. The van der Waals surface area contributed by atoms with Gasteiger partial charge in [0.15, 0.2) is 5.82 Å². The van der Waals surface area contributed by atoms with Gasteiger partial charge in [-0.1, -0.05) is 13.8 Å². The summed E-state index contributed by atoms with van der Waals surface area (Å²) in [6, 6.07) is 7.37. The summed E-state index contributed by atoms with van der Waals surface area (Å²) in [5, 5.41) is 17.2. The molecule has 22 heavy (non-hydrogen) atoms. The van der Waals surface area contributed by atoms with Crippen molar-refractivity contribution in [2.45, 2.75) is 13.8 Å². The smallest absolute Gasteiger partial charge is 0.222 e. The van der Waals surface area contributed by atoms with E-state index in [2.05, 4.69) is 31.1 Å². The largest absolute Gasteiger partial charge is 0.367 e. The molecule has 0 saturated heterocycles. The van der Waals surface area contributed by atoms with E-state index in [9.17, 15) is 4.79 Å². The molecule has 1 amide bonds. The molecule has 0 unspecified atom stereocenters. The second-order valence-electron chi connectivity index (χ2n) is 5.04. The third-order valence-corrected chi connectivity index (χ3v) is 2.87. The van der Waals surface area contributed by atoms with Crippen molar-refractivity contribution in [2.24, 2.45) is 5.92 Å². The molecule has 3 N–H and O–H groups in total. The van der Waals surface area contributed by atoms with E-state index >= 15 is 0 Å². The van der Waals surface area contributed by atoms with E-state index in [4.69, 9.17) is 0 Å². The summed E-state index contributed by atoms with van der Waals surface area (Å²) in [5.41, 5.74) is 0.904. The predicted molar refractivity (Wildman–Crippen MR) is 85.9 cm³/mol. The van der Waals surface area contributed by atoms with Gasteiger partial charge in [0.05, 0.1) is 0 Å². The van der Waals surface area contributed by atoms with Gasteiger partial charge >= 0.3 is 0 Å². The fraction of sp³-hybridized carbons (Fsp3) is 0.333. The van der Waals surface area contributed by atoms with Crippen molar-refractivity contribution in [3.05, 3.63) is 36.7 Å². The van der Waals surface area contributed by atoms with Crippen LogP contribution in [0.5, 0.6) is 0 Å². The van der Waals surface area contributed by atoms with Crippen LogP contribution in [0.2, 0.25) is 0 Å². The molecule has 0 aliphatic rings. The molecular formula is C15H20N6O. The zero-order valence-corrected chi connectivity index (χ0v) is 12.7. The summed E-state index contributed by atoms with van der Waals surface area (Å²) >= 11 is 0. The molecule has 0 aliphatic heterocycles. The van der Waals surface area contributed by atoms with Crippen LogP contribution < -0.4 is 16.0 Å². The number of hydrogen-bond donors (Lipinski definition) is 3. The molecule has 0 fully saturated rings. The number of rotatable bonds is 7. The Morgan fingerprint density at radius 2 is 1.73 bits per heavy atom. The lowest BCUT2D eigenvalue weighted by Crippen LogP contribution is -2.32. The number of aromatic nitrogens is 3. The van der Waals surface area contributed by atoms with Gasteiger partial charge in [-0.3, -0.25) is 9.78 Å². The number of nitrogens with zero attached hydrogens (tertiary/aromatic N) is 3. The van der Waals surface area contributed by atoms with E-state index in [1.807, 2.05) is 38.1 Å². The average molecular weight is 300 g/mol. The normalized spacial score (nSPS) is 10.3. The van der Waals surface area contributed by atoms with Gasteiger partial charge < -0.3 is 16.0 Å². The molecule has 2 aromatic heterocycles. The minimum atomic E-state index is -0.00154. The summed E-state index contributed by atoms with van der Waals surface area (Å²) < 4.78 is 0. The van der Waals surface area contributed by atoms with E-state index in [1.165, 1.54) is 0 Å². The first-order valence-electron chi connectivity index (χ1n) is 7.17. The number of anilines is 3. The Morgan fingerprint density at radius 3 is 2.36 bits per heavy atom. The maximum Gasteiger partial charge on any atom is 0.222 e. The van der Waals surface area contributed by atoms with E-state index in [1.54, 1.807) is 12.4 Å². The van der Waals surface area contributed by atoms with Crippen LogP contribution in [-0.4, -0.2) is 34.2 Å². The van der Waals surface area contributed by atoms with Crippen LogP contribution >= 0.6 is 0 Å². The molecule has 0 aromatic carbocycles. The van der Waals surface area contributed by atoms with Gasteiger partial charge in [-0.25, -0.2) is 0 Å². The molecular weight excluding hydrogens is 280 g/mol. The van der Waals surface area contributed by atoms with Crippen molar-refractivity contribution in [1.82, 2.24) is 20.5 Å². The van der Waals surface area contributed by atoms with Crippen molar-refractivity contribution in [3.63, 3.8) is 0 Å². The van der Waals surface area contributed by atoms with Crippen LogP contribution in [0.25, 0.3) is 0 Å². The summed E-state index contributed by atoms with van der Waals surface area (Å²) in [6.45, 7) is 4.88. The Morgan fingerprint density at radius 1 is 1.05 bits per heavy atom. The van der Waals surface area contributed by atoms with E-state index < -0.39 is 0 Å². The Balaban J connectivity index is 1.76. The molecule has 2 heterocycles. The number of carbonyl (C=O) groups excluding carboxylic acids is 1. The second-order valence-corrected chi connectivity index (χ2v) is 5.04. The Kier molecular flexibility index (Phi) is 5.65. The van der Waals surface area contributed by atoms with E-state index in [-0.39, 0.29) is 11.8 Å². The summed E-state index contributed by atoms with van der Waals surface area (Å²) in [7, 11) is 0. The predicted octanol–water partition coefficient (Wildman–Crippen LogP) is 1.80. The van der Waals surface area contributed by atoms with Gasteiger partial charge in [-0.15, -0.1) is 10.2 Å². The minimum absolute atomic E-state index is 0.00154. The van der Waals surface area contributed by atoms with Crippen molar-refractivity contribution in [3.8, 4) is 0 Å².